The topological polar surface area (TPSA) is 74.7 Å². The van der Waals surface area contributed by atoms with Gasteiger partial charge in [0.05, 0.1) is 11.9 Å². The molecule has 0 amide bonds. The molecule has 1 aromatic rings. The fourth-order valence-electron chi connectivity index (χ4n) is 2.57. The predicted octanol–water partition coefficient (Wildman–Crippen LogP) is 2.19. The van der Waals surface area contributed by atoms with Crippen LogP contribution >= 0.6 is 0 Å². The largest absolute Gasteiger partial charge is 0.409 e. The van der Waals surface area contributed by atoms with E-state index in [0.717, 1.165) is 37.2 Å². The van der Waals surface area contributed by atoms with E-state index in [9.17, 15) is 0 Å². The van der Waals surface area contributed by atoms with Gasteiger partial charge in [-0.05, 0) is 30.7 Å². The average molecular weight is 262 g/mol. The van der Waals surface area contributed by atoms with Gasteiger partial charge in [0.15, 0.2) is 5.84 Å². The highest BCUT2D eigenvalue weighted by atomic mass is 16.4. The van der Waals surface area contributed by atoms with Crippen molar-refractivity contribution in [3.63, 3.8) is 0 Å². The predicted molar refractivity (Wildman–Crippen MR) is 76.6 cm³/mol. The van der Waals surface area contributed by atoms with Crippen molar-refractivity contribution in [2.24, 2.45) is 16.3 Å². The van der Waals surface area contributed by atoms with E-state index < -0.39 is 0 Å². The Bertz CT molecular complexity index is 470. The van der Waals surface area contributed by atoms with E-state index in [2.05, 4.69) is 28.9 Å². The Labute approximate surface area is 114 Å². The summed E-state index contributed by atoms with van der Waals surface area (Å²) in [6.07, 6.45) is 6.97. The van der Waals surface area contributed by atoms with Gasteiger partial charge >= 0.3 is 0 Å². The standard InChI is InChI=1S/C14H22N4O/c1-14(2)5-3-8-18(9-6-14)12-10-16-7-4-11(12)13(15)17-19/h4,7,10,19H,3,5-6,8-9H2,1-2H3,(H2,15,17). The first-order valence-electron chi connectivity index (χ1n) is 6.70. The highest BCUT2D eigenvalue weighted by molar-refractivity contribution is 6.02. The Kier molecular flexibility index (Phi) is 3.93. The fourth-order valence-corrected chi connectivity index (χ4v) is 2.57. The molecule has 5 nitrogen and oxygen atoms in total. The quantitative estimate of drug-likeness (QED) is 0.371. The van der Waals surface area contributed by atoms with Crippen LogP contribution in [0.3, 0.4) is 0 Å². The van der Waals surface area contributed by atoms with E-state index in [0.29, 0.717) is 5.41 Å². The number of aromatic nitrogens is 1. The second kappa shape index (κ2) is 5.47. The molecule has 0 aliphatic carbocycles. The van der Waals surface area contributed by atoms with E-state index >= 15 is 0 Å². The lowest BCUT2D eigenvalue weighted by Gasteiger charge is -2.26. The van der Waals surface area contributed by atoms with Gasteiger partial charge in [-0.1, -0.05) is 19.0 Å². The summed E-state index contributed by atoms with van der Waals surface area (Å²) in [6.45, 7) is 6.58. The molecule has 0 atom stereocenters. The highest BCUT2D eigenvalue weighted by Gasteiger charge is 2.24. The highest BCUT2D eigenvalue weighted by Crippen LogP contribution is 2.32. The maximum absolute atomic E-state index is 8.87. The second-order valence-corrected chi connectivity index (χ2v) is 5.88. The van der Waals surface area contributed by atoms with Gasteiger partial charge in [-0.15, -0.1) is 0 Å². The summed E-state index contributed by atoms with van der Waals surface area (Å²) in [6, 6.07) is 1.79. The van der Waals surface area contributed by atoms with Gasteiger partial charge in [0.25, 0.3) is 0 Å². The molecule has 1 aliphatic rings. The molecule has 2 rings (SSSR count). The van der Waals surface area contributed by atoms with Crippen molar-refractivity contribution in [3.8, 4) is 0 Å². The molecule has 0 unspecified atom stereocenters. The number of oxime groups is 1. The minimum absolute atomic E-state index is 0.140. The Morgan fingerprint density at radius 3 is 2.95 bits per heavy atom. The minimum Gasteiger partial charge on any atom is -0.409 e. The molecular weight excluding hydrogens is 240 g/mol. The number of nitrogens with two attached hydrogens (primary N) is 1. The number of hydrogen-bond acceptors (Lipinski definition) is 4. The van der Waals surface area contributed by atoms with Crippen molar-refractivity contribution in [1.82, 2.24) is 4.98 Å². The molecule has 19 heavy (non-hydrogen) atoms. The molecule has 0 radical (unpaired) electrons. The van der Waals surface area contributed by atoms with Gasteiger partial charge in [-0.2, -0.15) is 0 Å². The number of rotatable bonds is 2. The molecule has 0 bridgehead atoms. The maximum atomic E-state index is 8.87. The Morgan fingerprint density at radius 1 is 1.42 bits per heavy atom. The number of nitrogens with zero attached hydrogens (tertiary/aromatic N) is 3. The van der Waals surface area contributed by atoms with Crippen molar-refractivity contribution >= 4 is 11.5 Å². The van der Waals surface area contributed by atoms with Gasteiger partial charge in [-0.25, -0.2) is 0 Å². The van der Waals surface area contributed by atoms with Crippen LogP contribution in [0.5, 0.6) is 0 Å². The molecule has 0 saturated carbocycles. The van der Waals surface area contributed by atoms with E-state index in [1.807, 2.05) is 0 Å². The molecule has 1 fully saturated rings. The van der Waals surface area contributed by atoms with Gasteiger partial charge in [0.2, 0.25) is 0 Å². The first-order chi connectivity index (χ1) is 9.03. The van der Waals surface area contributed by atoms with Gasteiger partial charge in [0.1, 0.15) is 0 Å². The zero-order chi connectivity index (χ0) is 13.9. The van der Waals surface area contributed by atoms with Gasteiger partial charge in [0, 0.05) is 24.8 Å². The van der Waals surface area contributed by atoms with E-state index in [1.165, 1.54) is 6.42 Å². The molecule has 5 heteroatoms. The summed E-state index contributed by atoms with van der Waals surface area (Å²) in [5.74, 6) is 0.140. The van der Waals surface area contributed by atoms with Crippen molar-refractivity contribution in [2.75, 3.05) is 18.0 Å². The summed E-state index contributed by atoms with van der Waals surface area (Å²) in [4.78, 5) is 6.46. The van der Waals surface area contributed by atoms with E-state index in [1.54, 1.807) is 18.5 Å². The second-order valence-electron chi connectivity index (χ2n) is 5.88. The Hall–Kier alpha value is -1.78. The molecular formula is C14H22N4O. The number of anilines is 1. The van der Waals surface area contributed by atoms with Gasteiger partial charge < -0.3 is 15.8 Å². The summed E-state index contributed by atoms with van der Waals surface area (Å²) in [5, 5.41) is 12.0. The van der Waals surface area contributed by atoms with Crippen LogP contribution in [0, 0.1) is 5.41 Å². The third-order valence-corrected chi connectivity index (χ3v) is 3.86. The van der Waals surface area contributed by atoms with Crippen LogP contribution in [0.1, 0.15) is 38.7 Å². The first kappa shape index (κ1) is 13.6. The summed E-state index contributed by atoms with van der Waals surface area (Å²) in [5.41, 5.74) is 7.82. The first-order valence-corrected chi connectivity index (χ1v) is 6.70. The molecule has 1 aromatic heterocycles. The van der Waals surface area contributed by atoms with E-state index in [4.69, 9.17) is 10.9 Å². The fraction of sp³-hybridized carbons (Fsp3) is 0.571. The molecule has 1 aliphatic heterocycles. The SMILES string of the molecule is CC1(C)CCCN(c2cnccc2/C(N)=N/O)CC1. The smallest absolute Gasteiger partial charge is 0.172 e. The molecule has 0 aromatic carbocycles. The van der Waals surface area contributed by atoms with Crippen LogP contribution in [0.15, 0.2) is 23.6 Å². The summed E-state index contributed by atoms with van der Waals surface area (Å²) >= 11 is 0. The lowest BCUT2D eigenvalue weighted by atomic mass is 9.85. The zero-order valence-electron chi connectivity index (χ0n) is 11.6. The molecule has 0 spiro atoms. The van der Waals surface area contributed by atoms with Crippen molar-refractivity contribution in [3.05, 3.63) is 24.0 Å². The van der Waals surface area contributed by atoms with Crippen molar-refractivity contribution < 1.29 is 5.21 Å². The third-order valence-electron chi connectivity index (χ3n) is 3.86. The lowest BCUT2D eigenvalue weighted by molar-refractivity contribution is 0.318. The molecule has 1 saturated heterocycles. The van der Waals surface area contributed by atoms with Crippen LogP contribution < -0.4 is 10.6 Å². The summed E-state index contributed by atoms with van der Waals surface area (Å²) < 4.78 is 0. The number of amidine groups is 1. The maximum Gasteiger partial charge on any atom is 0.172 e. The minimum atomic E-state index is 0.140. The van der Waals surface area contributed by atoms with Crippen molar-refractivity contribution in [2.45, 2.75) is 33.1 Å². The number of hydrogen-bond donors (Lipinski definition) is 2. The molecule has 3 N–H and O–H groups in total. The molecule has 104 valence electrons. The zero-order valence-corrected chi connectivity index (χ0v) is 11.6. The van der Waals surface area contributed by atoms with Crippen LogP contribution in [-0.2, 0) is 0 Å². The number of pyridine rings is 1. The van der Waals surface area contributed by atoms with Crippen LogP contribution in [0.25, 0.3) is 0 Å². The monoisotopic (exact) mass is 262 g/mol. The molecule has 2 heterocycles. The van der Waals surface area contributed by atoms with Crippen LogP contribution in [0.2, 0.25) is 0 Å². The lowest BCUT2D eigenvalue weighted by Crippen LogP contribution is -2.28. The normalized spacial score (nSPS) is 20.1. The van der Waals surface area contributed by atoms with Crippen LogP contribution in [-0.4, -0.2) is 29.1 Å². The Morgan fingerprint density at radius 2 is 2.21 bits per heavy atom. The van der Waals surface area contributed by atoms with Crippen molar-refractivity contribution in [1.29, 1.82) is 0 Å². The van der Waals surface area contributed by atoms with E-state index in [-0.39, 0.29) is 5.84 Å². The summed E-state index contributed by atoms with van der Waals surface area (Å²) in [7, 11) is 0. The third kappa shape index (κ3) is 3.16. The van der Waals surface area contributed by atoms with Gasteiger partial charge in [-0.3, -0.25) is 4.98 Å². The van der Waals surface area contributed by atoms with Crippen LogP contribution in [0.4, 0.5) is 5.69 Å². The average Bonchev–Trinajstić information content (AvgIpc) is 2.59. The Balaban J connectivity index is 2.27.